The summed E-state index contributed by atoms with van der Waals surface area (Å²) in [6.07, 6.45) is 3.00. The van der Waals surface area contributed by atoms with Gasteiger partial charge in [-0.05, 0) is 37.2 Å². The molecule has 1 aliphatic rings. The first-order valence-electron chi connectivity index (χ1n) is 9.98. The lowest BCUT2D eigenvalue weighted by Gasteiger charge is -2.40. The average Bonchev–Trinajstić information content (AvgIpc) is 2.71. The fourth-order valence-corrected chi connectivity index (χ4v) is 4.39. The van der Waals surface area contributed by atoms with Gasteiger partial charge in [-0.25, -0.2) is 13.1 Å². The molecule has 1 aliphatic heterocycles. The van der Waals surface area contributed by atoms with E-state index in [4.69, 9.17) is 0 Å². The van der Waals surface area contributed by atoms with Crippen molar-refractivity contribution >= 4 is 40.0 Å². The molecule has 0 saturated carbocycles. The number of guanidine groups is 1. The Hall–Kier alpha value is -0.870. The van der Waals surface area contributed by atoms with E-state index in [0.717, 1.165) is 38.3 Å². The molecule has 0 bridgehead atoms. The van der Waals surface area contributed by atoms with Crippen molar-refractivity contribution in [1.29, 1.82) is 0 Å². The zero-order valence-corrected chi connectivity index (χ0v) is 20.4. The maximum absolute atomic E-state index is 11.5. The van der Waals surface area contributed by atoms with Crippen LogP contribution in [0.3, 0.4) is 0 Å². The van der Waals surface area contributed by atoms with Crippen LogP contribution in [0.1, 0.15) is 44.6 Å². The summed E-state index contributed by atoms with van der Waals surface area (Å²) in [4.78, 5) is 6.77. The molecule has 0 amide bonds. The van der Waals surface area contributed by atoms with Crippen LogP contribution in [0.4, 0.5) is 0 Å². The highest BCUT2D eigenvalue weighted by molar-refractivity contribution is 14.0. The van der Waals surface area contributed by atoms with E-state index < -0.39 is 10.0 Å². The molecular formula is C20H35IN4O2S. The summed E-state index contributed by atoms with van der Waals surface area (Å²) in [5.74, 6) is 2.25. The van der Waals surface area contributed by atoms with Crippen molar-refractivity contribution in [1.82, 2.24) is 14.9 Å². The van der Waals surface area contributed by atoms with E-state index in [1.165, 1.54) is 5.56 Å². The maximum atomic E-state index is 11.5. The van der Waals surface area contributed by atoms with Gasteiger partial charge in [-0.15, -0.1) is 24.0 Å². The zero-order valence-electron chi connectivity index (χ0n) is 17.2. The van der Waals surface area contributed by atoms with Crippen LogP contribution in [0.5, 0.6) is 0 Å². The first-order chi connectivity index (χ1) is 13.0. The molecule has 6 nitrogen and oxygen atoms in total. The predicted octanol–water partition coefficient (Wildman–Crippen LogP) is 3.02. The van der Waals surface area contributed by atoms with Gasteiger partial charge in [-0.3, -0.25) is 4.99 Å². The van der Waals surface area contributed by atoms with E-state index in [1.54, 1.807) is 6.92 Å². The van der Waals surface area contributed by atoms with Crippen molar-refractivity contribution in [2.45, 2.75) is 39.0 Å². The van der Waals surface area contributed by atoms with Gasteiger partial charge < -0.3 is 10.2 Å². The van der Waals surface area contributed by atoms with Crippen LogP contribution in [0, 0.1) is 5.92 Å². The van der Waals surface area contributed by atoms with E-state index in [2.05, 4.69) is 57.2 Å². The van der Waals surface area contributed by atoms with Gasteiger partial charge in [0.2, 0.25) is 10.0 Å². The summed E-state index contributed by atoms with van der Waals surface area (Å²) in [7, 11) is -1.30. The van der Waals surface area contributed by atoms with Crippen molar-refractivity contribution in [2.75, 3.05) is 39.0 Å². The largest absolute Gasteiger partial charge is 0.356 e. The van der Waals surface area contributed by atoms with Crippen molar-refractivity contribution in [3.05, 3.63) is 35.9 Å². The van der Waals surface area contributed by atoms with Crippen molar-refractivity contribution in [3.8, 4) is 0 Å². The van der Waals surface area contributed by atoms with Crippen LogP contribution in [0.2, 0.25) is 0 Å². The van der Waals surface area contributed by atoms with Gasteiger partial charge in [0, 0.05) is 33.2 Å². The van der Waals surface area contributed by atoms with Gasteiger partial charge >= 0.3 is 0 Å². The standard InChI is InChI=1S/C20H34N4O2S.HI/c1-4-17-16-24(15-12-19(17)18-10-7-6-8-11-18)20(21-3)22-13-9-14-23-27(25,26)5-2;/h6-8,10-11,17,19,23H,4-5,9,12-16H2,1-3H3,(H,21,22);1H. The Bertz CT molecular complexity index is 697. The normalized spacial score (nSPS) is 20.5. The monoisotopic (exact) mass is 522 g/mol. The molecule has 0 radical (unpaired) electrons. The molecule has 1 heterocycles. The molecule has 1 fully saturated rings. The lowest BCUT2D eigenvalue weighted by atomic mass is 9.79. The smallest absolute Gasteiger partial charge is 0.211 e. The second kappa shape index (κ2) is 12.6. The number of hydrogen-bond acceptors (Lipinski definition) is 3. The Labute approximate surface area is 187 Å². The molecule has 2 rings (SSSR count). The summed E-state index contributed by atoms with van der Waals surface area (Å²) >= 11 is 0. The summed E-state index contributed by atoms with van der Waals surface area (Å²) in [5, 5.41) is 3.38. The van der Waals surface area contributed by atoms with Crippen molar-refractivity contribution in [2.24, 2.45) is 10.9 Å². The summed E-state index contributed by atoms with van der Waals surface area (Å²) < 4.78 is 25.5. The van der Waals surface area contributed by atoms with Crippen LogP contribution in [-0.4, -0.2) is 58.3 Å². The summed E-state index contributed by atoms with van der Waals surface area (Å²) in [6, 6.07) is 10.8. The molecular weight excluding hydrogens is 487 g/mol. The van der Waals surface area contributed by atoms with Crippen LogP contribution in [0.25, 0.3) is 0 Å². The number of aliphatic imine (C=N–C) groups is 1. The average molecular weight is 522 g/mol. The van der Waals surface area contributed by atoms with Crippen molar-refractivity contribution < 1.29 is 8.42 Å². The van der Waals surface area contributed by atoms with Gasteiger partial charge in [0.15, 0.2) is 5.96 Å². The minimum Gasteiger partial charge on any atom is -0.356 e. The minimum atomic E-state index is -3.11. The molecule has 8 heteroatoms. The third kappa shape index (κ3) is 7.51. The third-order valence-electron chi connectivity index (χ3n) is 5.34. The first-order valence-corrected chi connectivity index (χ1v) is 11.6. The SMILES string of the molecule is CCC1CN(C(=NC)NCCCNS(=O)(=O)CC)CCC1c1ccccc1.I. The molecule has 1 saturated heterocycles. The summed E-state index contributed by atoms with van der Waals surface area (Å²) in [6.45, 7) is 7.05. The fraction of sp³-hybridized carbons (Fsp3) is 0.650. The Morgan fingerprint density at radius 2 is 1.93 bits per heavy atom. The van der Waals surface area contributed by atoms with E-state index in [1.807, 2.05) is 7.05 Å². The van der Waals surface area contributed by atoms with Crippen LogP contribution < -0.4 is 10.0 Å². The molecule has 2 N–H and O–H groups in total. The Morgan fingerprint density at radius 3 is 2.54 bits per heavy atom. The number of benzene rings is 1. The Morgan fingerprint density at radius 1 is 1.21 bits per heavy atom. The quantitative estimate of drug-likeness (QED) is 0.238. The van der Waals surface area contributed by atoms with Crippen LogP contribution in [0.15, 0.2) is 35.3 Å². The number of nitrogens with zero attached hydrogens (tertiary/aromatic N) is 2. The zero-order chi connectivity index (χ0) is 19.7. The topological polar surface area (TPSA) is 73.8 Å². The van der Waals surface area contributed by atoms with Gasteiger partial charge in [0.1, 0.15) is 0 Å². The molecule has 0 aliphatic carbocycles. The predicted molar refractivity (Wildman–Crippen MR) is 128 cm³/mol. The van der Waals surface area contributed by atoms with Gasteiger partial charge in [0.25, 0.3) is 0 Å². The molecule has 1 aromatic rings. The maximum Gasteiger partial charge on any atom is 0.211 e. The number of piperidine rings is 1. The minimum absolute atomic E-state index is 0. The second-order valence-electron chi connectivity index (χ2n) is 7.05. The Kier molecular flexibility index (Phi) is 11.4. The van der Waals surface area contributed by atoms with Gasteiger partial charge in [-0.2, -0.15) is 0 Å². The number of halogens is 1. The van der Waals surface area contributed by atoms with Gasteiger partial charge in [-0.1, -0.05) is 43.7 Å². The van der Waals surface area contributed by atoms with Crippen LogP contribution in [-0.2, 0) is 10.0 Å². The number of sulfonamides is 1. The van der Waals surface area contributed by atoms with E-state index >= 15 is 0 Å². The molecule has 1 aromatic carbocycles. The van der Waals surface area contributed by atoms with E-state index in [0.29, 0.717) is 24.9 Å². The van der Waals surface area contributed by atoms with Gasteiger partial charge in [0.05, 0.1) is 5.75 Å². The first kappa shape index (κ1) is 25.2. The lowest BCUT2D eigenvalue weighted by molar-refractivity contribution is 0.215. The third-order valence-corrected chi connectivity index (χ3v) is 6.74. The van der Waals surface area contributed by atoms with E-state index in [9.17, 15) is 8.42 Å². The molecule has 2 unspecified atom stereocenters. The molecule has 160 valence electrons. The highest BCUT2D eigenvalue weighted by Crippen LogP contribution is 2.34. The Balaban J connectivity index is 0.00000392. The number of rotatable bonds is 8. The highest BCUT2D eigenvalue weighted by atomic mass is 127. The van der Waals surface area contributed by atoms with E-state index in [-0.39, 0.29) is 29.7 Å². The molecule has 28 heavy (non-hydrogen) atoms. The van der Waals surface area contributed by atoms with Crippen LogP contribution >= 0.6 is 24.0 Å². The lowest BCUT2D eigenvalue weighted by Crippen LogP contribution is -2.48. The number of hydrogen-bond donors (Lipinski definition) is 2. The molecule has 0 aromatic heterocycles. The summed E-state index contributed by atoms with van der Waals surface area (Å²) in [5.41, 5.74) is 1.44. The molecule has 0 spiro atoms. The second-order valence-corrected chi connectivity index (χ2v) is 9.14. The van der Waals surface area contributed by atoms with Crippen molar-refractivity contribution in [3.63, 3.8) is 0 Å². The fourth-order valence-electron chi connectivity index (χ4n) is 3.73. The molecule has 2 atom stereocenters. The highest BCUT2D eigenvalue weighted by Gasteiger charge is 2.30. The number of likely N-dealkylation sites (tertiary alicyclic amines) is 1. The number of nitrogens with one attached hydrogen (secondary N) is 2.